The minimum Gasteiger partial charge on any atom is -0.450 e. The first kappa shape index (κ1) is 20.4. The Morgan fingerprint density at radius 1 is 1.17 bits per heavy atom. The second kappa shape index (κ2) is 9.74. The lowest BCUT2D eigenvalue weighted by Gasteiger charge is -2.19. The molecule has 152 valence electrons. The molecule has 0 unspecified atom stereocenters. The first-order valence-electron chi connectivity index (χ1n) is 9.80. The molecule has 0 saturated heterocycles. The molecule has 0 radical (unpaired) electrons. The smallest absolute Gasteiger partial charge is 0.268 e. The predicted molar refractivity (Wildman–Crippen MR) is 119 cm³/mol. The summed E-state index contributed by atoms with van der Waals surface area (Å²) in [4.78, 5) is 12.5. The number of amides is 1. The van der Waals surface area contributed by atoms with Crippen LogP contribution in [0.3, 0.4) is 0 Å². The van der Waals surface area contributed by atoms with Gasteiger partial charge in [-0.1, -0.05) is 72.7 Å². The number of aromatic nitrogens is 2. The van der Waals surface area contributed by atoms with Crippen LogP contribution < -0.4 is 5.32 Å². The van der Waals surface area contributed by atoms with Gasteiger partial charge >= 0.3 is 0 Å². The SMILES string of the molecule is N#C/C(=C/c1ccc(SC2CCCCC2)o1)C(=O)Nc1nnc(-c2ccccc2)s1. The fourth-order valence-electron chi connectivity index (χ4n) is 3.25. The van der Waals surface area contributed by atoms with Crippen LogP contribution in [-0.4, -0.2) is 21.4 Å². The summed E-state index contributed by atoms with van der Waals surface area (Å²) in [5.74, 6) is -0.0478. The molecule has 2 heterocycles. The number of benzene rings is 1. The van der Waals surface area contributed by atoms with Crippen molar-refractivity contribution in [2.75, 3.05) is 5.32 Å². The summed E-state index contributed by atoms with van der Waals surface area (Å²) in [5, 5.41) is 22.6. The van der Waals surface area contributed by atoms with Crippen LogP contribution in [0.25, 0.3) is 16.6 Å². The van der Waals surface area contributed by atoms with Gasteiger partial charge in [-0.05, 0) is 25.0 Å². The maximum absolute atomic E-state index is 12.5. The van der Waals surface area contributed by atoms with Gasteiger partial charge in [0.25, 0.3) is 5.91 Å². The summed E-state index contributed by atoms with van der Waals surface area (Å²) >= 11 is 2.99. The van der Waals surface area contributed by atoms with E-state index in [9.17, 15) is 10.1 Å². The summed E-state index contributed by atoms with van der Waals surface area (Å²) in [6.07, 6.45) is 7.71. The molecule has 30 heavy (non-hydrogen) atoms. The number of hydrogen-bond acceptors (Lipinski definition) is 7. The van der Waals surface area contributed by atoms with Crippen molar-refractivity contribution in [1.29, 1.82) is 5.26 Å². The van der Waals surface area contributed by atoms with Gasteiger partial charge in [0, 0.05) is 16.9 Å². The fraction of sp³-hybridized carbons (Fsp3) is 0.273. The number of furan rings is 1. The van der Waals surface area contributed by atoms with E-state index in [-0.39, 0.29) is 5.57 Å². The summed E-state index contributed by atoms with van der Waals surface area (Å²) in [7, 11) is 0. The molecule has 1 amide bonds. The summed E-state index contributed by atoms with van der Waals surface area (Å²) in [5.41, 5.74) is 0.875. The molecule has 1 aliphatic carbocycles. The number of nitrogens with zero attached hydrogens (tertiary/aromatic N) is 3. The number of rotatable bonds is 6. The summed E-state index contributed by atoms with van der Waals surface area (Å²) < 4.78 is 5.81. The van der Waals surface area contributed by atoms with Crippen molar-refractivity contribution in [1.82, 2.24) is 10.2 Å². The topological polar surface area (TPSA) is 91.8 Å². The van der Waals surface area contributed by atoms with E-state index in [1.54, 1.807) is 17.8 Å². The zero-order valence-electron chi connectivity index (χ0n) is 16.2. The van der Waals surface area contributed by atoms with Crippen molar-refractivity contribution in [2.24, 2.45) is 0 Å². The van der Waals surface area contributed by atoms with Gasteiger partial charge in [0.05, 0.1) is 0 Å². The molecule has 8 heteroatoms. The van der Waals surface area contributed by atoms with Gasteiger partial charge in [-0.25, -0.2) is 0 Å². The number of thioether (sulfide) groups is 1. The van der Waals surface area contributed by atoms with Crippen LogP contribution in [0.4, 0.5) is 5.13 Å². The van der Waals surface area contributed by atoms with Gasteiger partial charge in [0.15, 0.2) is 5.09 Å². The number of nitrogens with one attached hydrogen (secondary N) is 1. The molecule has 3 aromatic rings. The lowest BCUT2D eigenvalue weighted by atomic mass is 10.0. The Morgan fingerprint density at radius 2 is 1.97 bits per heavy atom. The quantitative estimate of drug-likeness (QED) is 0.390. The van der Waals surface area contributed by atoms with E-state index in [1.807, 2.05) is 42.5 Å². The first-order valence-corrected chi connectivity index (χ1v) is 11.5. The normalized spacial score (nSPS) is 15.0. The minimum absolute atomic E-state index is 0.0463. The van der Waals surface area contributed by atoms with Crippen molar-refractivity contribution >= 4 is 40.2 Å². The van der Waals surface area contributed by atoms with Crippen molar-refractivity contribution in [2.45, 2.75) is 42.4 Å². The van der Waals surface area contributed by atoms with Crippen LogP contribution in [0.5, 0.6) is 0 Å². The molecule has 4 rings (SSSR count). The van der Waals surface area contributed by atoms with Crippen molar-refractivity contribution in [3.63, 3.8) is 0 Å². The molecule has 1 N–H and O–H groups in total. The third-order valence-electron chi connectivity index (χ3n) is 4.76. The number of carbonyl (C=O) groups excluding carboxylic acids is 1. The molecule has 0 spiro atoms. The molecule has 1 aromatic carbocycles. The van der Waals surface area contributed by atoms with Gasteiger partial charge in [0.1, 0.15) is 22.4 Å². The highest BCUT2D eigenvalue weighted by atomic mass is 32.2. The van der Waals surface area contributed by atoms with Crippen LogP contribution in [0.1, 0.15) is 37.9 Å². The second-order valence-corrected chi connectivity index (χ2v) is 9.22. The molecular formula is C22H20N4O2S2. The van der Waals surface area contributed by atoms with Crippen LogP contribution in [0, 0.1) is 11.3 Å². The van der Waals surface area contributed by atoms with E-state index in [0.29, 0.717) is 21.1 Å². The fourth-order valence-corrected chi connectivity index (χ4v) is 5.18. The van der Waals surface area contributed by atoms with Gasteiger partial charge in [-0.3, -0.25) is 10.1 Å². The minimum atomic E-state index is -0.536. The molecule has 1 saturated carbocycles. The molecule has 0 atom stereocenters. The number of nitriles is 1. The van der Waals surface area contributed by atoms with Crippen molar-refractivity contribution < 1.29 is 9.21 Å². The average Bonchev–Trinajstić information content (AvgIpc) is 3.43. The van der Waals surface area contributed by atoms with Gasteiger partial charge in [0.2, 0.25) is 5.13 Å². The summed E-state index contributed by atoms with van der Waals surface area (Å²) in [6.45, 7) is 0. The monoisotopic (exact) mass is 436 g/mol. The number of anilines is 1. The van der Waals surface area contributed by atoms with Crippen molar-refractivity contribution in [3.8, 4) is 16.6 Å². The Kier molecular flexibility index (Phi) is 6.62. The third-order valence-corrected chi connectivity index (χ3v) is 6.90. The zero-order valence-corrected chi connectivity index (χ0v) is 17.8. The van der Waals surface area contributed by atoms with Crippen LogP contribution in [0.15, 0.2) is 57.5 Å². The molecule has 1 fully saturated rings. The van der Waals surface area contributed by atoms with E-state index >= 15 is 0 Å². The Hall–Kier alpha value is -2.89. The predicted octanol–water partition coefficient (Wildman–Crippen LogP) is 5.77. The highest BCUT2D eigenvalue weighted by molar-refractivity contribution is 7.99. The maximum atomic E-state index is 12.5. The Labute approximate surface area is 183 Å². The van der Waals surface area contributed by atoms with Crippen LogP contribution in [-0.2, 0) is 4.79 Å². The molecule has 1 aliphatic rings. The molecular weight excluding hydrogens is 416 g/mol. The van der Waals surface area contributed by atoms with E-state index < -0.39 is 5.91 Å². The largest absolute Gasteiger partial charge is 0.450 e. The Morgan fingerprint density at radius 3 is 2.73 bits per heavy atom. The Balaban J connectivity index is 1.41. The average molecular weight is 437 g/mol. The lowest BCUT2D eigenvalue weighted by molar-refractivity contribution is -0.112. The Bertz CT molecular complexity index is 1080. The van der Waals surface area contributed by atoms with Gasteiger partial charge in [-0.15, -0.1) is 10.2 Å². The van der Waals surface area contributed by atoms with Crippen LogP contribution in [0.2, 0.25) is 0 Å². The van der Waals surface area contributed by atoms with E-state index in [4.69, 9.17) is 4.42 Å². The molecule has 0 aliphatic heterocycles. The molecule has 0 bridgehead atoms. The van der Waals surface area contributed by atoms with E-state index in [0.717, 1.165) is 10.7 Å². The molecule has 2 aromatic heterocycles. The standard InChI is InChI=1S/C22H20N4O2S2/c23-14-16(13-17-11-12-19(28-17)29-18-9-5-2-6-10-18)20(27)24-22-26-25-21(30-22)15-7-3-1-4-8-15/h1,3-4,7-8,11-13,18H,2,5-6,9-10H2,(H,24,26,27)/b16-13-. The summed E-state index contributed by atoms with van der Waals surface area (Å²) in [6, 6.07) is 15.2. The highest BCUT2D eigenvalue weighted by Gasteiger charge is 2.17. The van der Waals surface area contributed by atoms with E-state index in [2.05, 4.69) is 15.5 Å². The van der Waals surface area contributed by atoms with Crippen LogP contribution >= 0.6 is 23.1 Å². The number of carbonyl (C=O) groups is 1. The van der Waals surface area contributed by atoms with E-state index in [1.165, 1.54) is 49.5 Å². The lowest BCUT2D eigenvalue weighted by Crippen LogP contribution is -2.13. The number of hydrogen-bond donors (Lipinski definition) is 1. The molecule has 6 nitrogen and oxygen atoms in total. The highest BCUT2D eigenvalue weighted by Crippen LogP contribution is 2.34. The maximum Gasteiger partial charge on any atom is 0.268 e. The van der Waals surface area contributed by atoms with Crippen molar-refractivity contribution in [3.05, 3.63) is 53.8 Å². The zero-order chi connectivity index (χ0) is 20.8. The first-order chi connectivity index (χ1) is 14.7. The second-order valence-electron chi connectivity index (χ2n) is 6.94. The third kappa shape index (κ3) is 5.17. The van der Waals surface area contributed by atoms with Gasteiger partial charge in [-0.2, -0.15) is 5.26 Å². The van der Waals surface area contributed by atoms with Gasteiger partial charge < -0.3 is 4.42 Å².